The van der Waals surface area contributed by atoms with Crippen molar-refractivity contribution in [3.63, 3.8) is 0 Å². The normalized spacial score (nSPS) is 18.7. The highest BCUT2D eigenvalue weighted by Gasteiger charge is 2.37. The van der Waals surface area contributed by atoms with Gasteiger partial charge in [-0.1, -0.05) is 25.0 Å². The van der Waals surface area contributed by atoms with Crippen molar-refractivity contribution in [1.29, 1.82) is 0 Å². The lowest BCUT2D eigenvalue weighted by atomic mass is 10.1. The van der Waals surface area contributed by atoms with E-state index in [-0.39, 0.29) is 18.0 Å². The summed E-state index contributed by atoms with van der Waals surface area (Å²) < 4.78 is 1.75. The van der Waals surface area contributed by atoms with Gasteiger partial charge in [0.05, 0.1) is 5.69 Å². The third kappa shape index (κ3) is 3.59. The maximum absolute atomic E-state index is 12.2. The summed E-state index contributed by atoms with van der Waals surface area (Å²) in [7, 11) is 0. The van der Waals surface area contributed by atoms with Crippen molar-refractivity contribution in [1.82, 2.24) is 25.2 Å². The molecule has 0 spiro atoms. The van der Waals surface area contributed by atoms with Gasteiger partial charge in [0.25, 0.3) is 5.91 Å². The molecular formula is C14H23N5O2. The number of rotatable bonds is 7. The zero-order valence-electron chi connectivity index (χ0n) is 12.9. The highest BCUT2D eigenvalue weighted by molar-refractivity contribution is 6.04. The molecule has 1 aromatic rings. The van der Waals surface area contributed by atoms with Crippen LogP contribution in [0.5, 0.6) is 0 Å². The quantitative estimate of drug-likeness (QED) is 0.610. The smallest absolute Gasteiger partial charge is 0.324 e. The molecule has 116 valence electrons. The van der Waals surface area contributed by atoms with Crippen LogP contribution in [0.25, 0.3) is 0 Å². The van der Waals surface area contributed by atoms with Crippen LogP contribution >= 0.6 is 0 Å². The van der Waals surface area contributed by atoms with Crippen LogP contribution in [0.15, 0.2) is 6.20 Å². The second kappa shape index (κ2) is 6.69. The van der Waals surface area contributed by atoms with Crippen LogP contribution in [0, 0.1) is 0 Å². The standard InChI is InChI=1S/C14H23N5O2/c1-4-5-6-7-18-13(20)12(15-14(18)21)8-11-9-19(10(2)3)17-16-11/h9-10,12H,4-8H2,1-3H3,(H,15,21). The maximum Gasteiger partial charge on any atom is 0.324 e. The first kappa shape index (κ1) is 15.5. The molecule has 2 heterocycles. The van der Waals surface area contributed by atoms with E-state index in [9.17, 15) is 9.59 Å². The third-order valence-corrected chi connectivity index (χ3v) is 3.59. The Kier molecular flexibility index (Phi) is 4.93. The number of urea groups is 1. The molecule has 0 aliphatic carbocycles. The highest BCUT2D eigenvalue weighted by atomic mass is 16.2. The summed E-state index contributed by atoms with van der Waals surface area (Å²) in [5, 5.41) is 10.8. The monoisotopic (exact) mass is 293 g/mol. The fourth-order valence-corrected chi connectivity index (χ4v) is 2.32. The van der Waals surface area contributed by atoms with Gasteiger partial charge in [-0.05, 0) is 20.3 Å². The van der Waals surface area contributed by atoms with Crippen LogP contribution in [-0.2, 0) is 11.2 Å². The van der Waals surface area contributed by atoms with E-state index in [2.05, 4.69) is 22.6 Å². The molecule has 2 rings (SSSR count). The van der Waals surface area contributed by atoms with E-state index in [4.69, 9.17) is 0 Å². The molecule has 1 aliphatic rings. The average molecular weight is 293 g/mol. The van der Waals surface area contributed by atoms with Gasteiger partial charge in [0.1, 0.15) is 6.04 Å². The first-order chi connectivity index (χ1) is 10.0. The van der Waals surface area contributed by atoms with Crippen molar-refractivity contribution >= 4 is 11.9 Å². The first-order valence-corrected chi connectivity index (χ1v) is 7.55. The van der Waals surface area contributed by atoms with Gasteiger partial charge in [-0.3, -0.25) is 9.69 Å². The molecule has 1 saturated heterocycles. The van der Waals surface area contributed by atoms with Gasteiger partial charge in [-0.2, -0.15) is 0 Å². The fraction of sp³-hybridized carbons (Fsp3) is 0.714. The number of carbonyl (C=O) groups is 2. The number of hydrogen-bond acceptors (Lipinski definition) is 4. The molecule has 0 saturated carbocycles. The molecule has 1 unspecified atom stereocenters. The van der Waals surface area contributed by atoms with Gasteiger partial charge >= 0.3 is 6.03 Å². The van der Waals surface area contributed by atoms with Crippen LogP contribution in [0.2, 0.25) is 0 Å². The van der Waals surface area contributed by atoms with E-state index in [1.807, 2.05) is 20.0 Å². The van der Waals surface area contributed by atoms with E-state index in [1.54, 1.807) is 4.68 Å². The molecular weight excluding hydrogens is 270 g/mol. The Labute approximate surface area is 124 Å². The van der Waals surface area contributed by atoms with Crippen molar-refractivity contribution in [3.8, 4) is 0 Å². The minimum Gasteiger partial charge on any atom is -0.325 e. The largest absolute Gasteiger partial charge is 0.325 e. The van der Waals surface area contributed by atoms with Gasteiger partial charge in [0, 0.05) is 25.2 Å². The summed E-state index contributed by atoms with van der Waals surface area (Å²) >= 11 is 0. The van der Waals surface area contributed by atoms with Crippen LogP contribution < -0.4 is 5.32 Å². The Morgan fingerprint density at radius 2 is 2.10 bits per heavy atom. The lowest BCUT2D eigenvalue weighted by Gasteiger charge is -2.12. The number of aromatic nitrogens is 3. The molecule has 7 heteroatoms. The number of nitrogens with one attached hydrogen (secondary N) is 1. The number of hydrogen-bond donors (Lipinski definition) is 1. The molecule has 0 aromatic carbocycles. The van der Waals surface area contributed by atoms with Crippen molar-refractivity contribution < 1.29 is 9.59 Å². The topological polar surface area (TPSA) is 80.1 Å². The van der Waals surface area contributed by atoms with Gasteiger partial charge in [0.2, 0.25) is 0 Å². The van der Waals surface area contributed by atoms with Crippen LogP contribution in [0.3, 0.4) is 0 Å². The molecule has 1 atom stereocenters. The van der Waals surface area contributed by atoms with Crippen LogP contribution in [-0.4, -0.2) is 44.4 Å². The Morgan fingerprint density at radius 1 is 1.33 bits per heavy atom. The molecule has 0 radical (unpaired) electrons. The number of nitrogens with zero attached hydrogens (tertiary/aromatic N) is 4. The molecule has 1 aliphatic heterocycles. The van der Waals surface area contributed by atoms with E-state index in [0.717, 1.165) is 25.0 Å². The molecule has 1 N–H and O–H groups in total. The van der Waals surface area contributed by atoms with Crippen molar-refractivity contribution in [2.24, 2.45) is 0 Å². The van der Waals surface area contributed by atoms with Crippen molar-refractivity contribution in [3.05, 3.63) is 11.9 Å². The van der Waals surface area contributed by atoms with E-state index in [0.29, 0.717) is 13.0 Å². The summed E-state index contributed by atoms with van der Waals surface area (Å²) in [6, 6.07) is -0.584. The maximum atomic E-state index is 12.2. The predicted molar refractivity (Wildman–Crippen MR) is 77.7 cm³/mol. The van der Waals surface area contributed by atoms with E-state index in [1.165, 1.54) is 4.90 Å². The van der Waals surface area contributed by atoms with Crippen LogP contribution in [0.1, 0.15) is 51.8 Å². The highest BCUT2D eigenvalue weighted by Crippen LogP contribution is 2.13. The molecule has 7 nitrogen and oxygen atoms in total. The zero-order valence-corrected chi connectivity index (χ0v) is 12.9. The summed E-state index contributed by atoms with van der Waals surface area (Å²) in [4.78, 5) is 25.4. The molecule has 1 fully saturated rings. The average Bonchev–Trinajstić information content (AvgIpc) is 2.99. The lowest BCUT2D eigenvalue weighted by molar-refractivity contribution is -0.127. The summed E-state index contributed by atoms with van der Waals surface area (Å²) in [6.45, 7) is 6.60. The van der Waals surface area contributed by atoms with Gasteiger partial charge in [0.15, 0.2) is 0 Å². The number of unbranched alkanes of at least 4 members (excludes halogenated alkanes) is 2. The summed E-state index contributed by atoms with van der Waals surface area (Å²) in [6.07, 6.45) is 5.15. The summed E-state index contributed by atoms with van der Waals surface area (Å²) in [5.41, 5.74) is 0.720. The Hall–Kier alpha value is -1.92. The first-order valence-electron chi connectivity index (χ1n) is 7.55. The molecule has 0 bridgehead atoms. The number of carbonyl (C=O) groups excluding carboxylic acids is 2. The van der Waals surface area contributed by atoms with Crippen molar-refractivity contribution in [2.45, 2.75) is 58.5 Å². The van der Waals surface area contributed by atoms with Gasteiger partial charge in [-0.25, -0.2) is 9.48 Å². The molecule has 21 heavy (non-hydrogen) atoms. The predicted octanol–water partition coefficient (Wildman–Crippen LogP) is 1.51. The lowest BCUT2D eigenvalue weighted by Crippen LogP contribution is -2.33. The second-order valence-corrected chi connectivity index (χ2v) is 5.69. The van der Waals surface area contributed by atoms with E-state index < -0.39 is 6.04 Å². The zero-order chi connectivity index (χ0) is 15.4. The Morgan fingerprint density at radius 3 is 2.71 bits per heavy atom. The van der Waals surface area contributed by atoms with Crippen LogP contribution in [0.4, 0.5) is 4.79 Å². The molecule has 1 aromatic heterocycles. The van der Waals surface area contributed by atoms with Crippen molar-refractivity contribution in [2.75, 3.05) is 6.54 Å². The molecule has 3 amide bonds. The minimum atomic E-state index is -0.517. The van der Waals surface area contributed by atoms with Gasteiger partial charge in [-0.15, -0.1) is 5.10 Å². The fourth-order valence-electron chi connectivity index (χ4n) is 2.32. The number of imide groups is 1. The number of amides is 3. The second-order valence-electron chi connectivity index (χ2n) is 5.69. The SMILES string of the molecule is CCCCCN1C(=O)NC(Cc2cn(C(C)C)nn2)C1=O. The van der Waals surface area contributed by atoms with Gasteiger partial charge < -0.3 is 5.32 Å². The summed E-state index contributed by atoms with van der Waals surface area (Å²) in [5.74, 6) is -0.157. The Balaban J connectivity index is 1.95. The van der Waals surface area contributed by atoms with E-state index >= 15 is 0 Å². The minimum absolute atomic E-state index is 0.157. The third-order valence-electron chi connectivity index (χ3n) is 3.59. The Bertz CT molecular complexity index is 511.